The average molecular weight is 232 g/mol. The van der Waals surface area contributed by atoms with Gasteiger partial charge in [0.15, 0.2) is 0 Å². The predicted octanol–water partition coefficient (Wildman–Crippen LogP) is 1.21. The summed E-state index contributed by atoms with van der Waals surface area (Å²) in [4.78, 5) is 28.7. The van der Waals surface area contributed by atoms with Gasteiger partial charge in [0, 0.05) is 44.7 Å². The van der Waals surface area contributed by atoms with E-state index in [4.69, 9.17) is 0 Å². The molecule has 2 heterocycles. The molecule has 4 heteroatoms. The lowest BCUT2D eigenvalue weighted by atomic mass is 10.1. The minimum atomic E-state index is 0.140. The van der Waals surface area contributed by atoms with Crippen molar-refractivity contribution in [2.45, 2.75) is 25.7 Å². The quantitative estimate of drug-likeness (QED) is 0.787. The maximum absolute atomic E-state index is 11.9. The first-order valence-corrected chi connectivity index (χ1v) is 5.94. The molecular weight excluding hydrogens is 216 g/mol. The van der Waals surface area contributed by atoms with Crippen molar-refractivity contribution >= 4 is 11.7 Å². The average Bonchev–Trinajstić information content (AvgIpc) is 2.38. The fourth-order valence-corrected chi connectivity index (χ4v) is 1.96. The second-order valence-electron chi connectivity index (χ2n) is 4.28. The molecule has 0 radical (unpaired) electrons. The molecular formula is C13H16N2O2. The molecule has 0 N–H and O–H groups in total. The van der Waals surface area contributed by atoms with Gasteiger partial charge in [0.05, 0.1) is 0 Å². The first-order chi connectivity index (χ1) is 8.25. The van der Waals surface area contributed by atoms with E-state index in [1.807, 2.05) is 12.1 Å². The van der Waals surface area contributed by atoms with Gasteiger partial charge < -0.3 is 4.90 Å². The molecule has 4 nitrogen and oxygen atoms in total. The SMILES string of the molecule is O=C1CCN(C(=O)CCc2cccnc2)CC1. The molecule has 0 bridgehead atoms. The number of aromatic nitrogens is 1. The number of piperidine rings is 1. The Hall–Kier alpha value is -1.71. The Morgan fingerprint density at radius 3 is 2.76 bits per heavy atom. The van der Waals surface area contributed by atoms with E-state index < -0.39 is 0 Å². The van der Waals surface area contributed by atoms with Gasteiger partial charge in [-0.05, 0) is 18.1 Å². The summed E-state index contributed by atoms with van der Waals surface area (Å²) < 4.78 is 0. The van der Waals surface area contributed by atoms with Crippen molar-refractivity contribution in [3.63, 3.8) is 0 Å². The van der Waals surface area contributed by atoms with Gasteiger partial charge in [-0.1, -0.05) is 6.07 Å². The molecule has 90 valence electrons. The number of pyridine rings is 1. The summed E-state index contributed by atoms with van der Waals surface area (Å²) in [6.07, 6.45) is 5.75. The number of hydrogen-bond donors (Lipinski definition) is 0. The lowest BCUT2D eigenvalue weighted by Gasteiger charge is -2.26. The smallest absolute Gasteiger partial charge is 0.222 e. The highest BCUT2D eigenvalue weighted by Crippen LogP contribution is 2.09. The number of Topliss-reactive ketones (excluding diaryl/α,β-unsaturated/α-hetero) is 1. The van der Waals surface area contributed by atoms with Crippen LogP contribution < -0.4 is 0 Å². The minimum absolute atomic E-state index is 0.140. The van der Waals surface area contributed by atoms with Crippen molar-refractivity contribution in [2.75, 3.05) is 13.1 Å². The number of aryl methyl sites for hydroxylation is 1. The number of carbonyl (C=O) groups excluding carboxylic acids is 2. The van der Waals surface area contributed by atoms with E-state index in [1.165, 1.54) is 0 Å². The van der Waals surface area contributed by atoms with E-state index in [1.54, 1.807) is 17.3 Å². The van der Waals surface area contributed by atoms with Crippen molar-refractivity contribution < 1.29 is 9.59 Å². The maximum Gasteiger partial charge on any atom is 0.222 e. The first kappa shape index (κ1) is 11.8. The Morgan fingerprint density at radius 2 is 2.12 bits per heavy atom. The molecule has 17 heavy (non-hydrogen) atoms. The van der Waals surface area contributed by atoms with Gasteiger partial charge >= 0.3 is 0 Å². The molecule has 1 aliphatic heterocycles. The number of hydrogen-bond acceptors (Lipinski definition) is 3. The molecule has 0 spiro atoms. The monoisotopic (exact) mass is 232 g/mol. The second kappa shape index (κ2) is 5.57. The number of carbonyl (C=O) groups is 2. The van der Waals surface area contributed by atoms with Gasteiger partial charge in [-0.2, -0.15) is 0 Å². The number of likely N-dealkylation sites (tertiary alicyclic amines) is 1. The van der Waals surface area contributed by atoms with Gasteiger partial charge in [-0.15, -0.1) is 0 Å². The highest BCUT2D eigenvalue weighted by molar-refractivity contribution is 5.83. The largest absolute Gasteiger partial charge is 0.342 e. The van der Waals surface area contributed by atoms with E-state index >= 15 is 0 Å². The number of nitrogens with zero attached hydrogens (tertiary/aromatic N) is 2. The van der Waals surface area contributed by atoms with Crippen molar-refractivity contribution in [3.05, 3.63) is 30.1 Å². The molecule has 0 unspecified atom stereocenters. The zero-order valence-electron chi connectivity index (χ0n) is 9.76. The Bertz CT molecular complexity index is 393. The maximum atomic E-state index is 11.9. The first-order valence-electron chi connectivity index (χ1n) is 5.94. The highest BCUT2D eigenvalue weighted by atomic mass is 16.2. The Kier molecular flexibility index (Phi) is 3.85. The molecule has 1 amide bonds. The van der Waals surface area contributed by atoms with Crippen LogP contribution in [-0.2, 0) is 16.0 Å². The van der Waals surface area contributed by atoms with Crippen LogP contribution in [0.2, 0.25) is 0 Å². The number of amides is 1. The summed E-state index contributed by atoms with van der Waals surface area (Å²) in [5.41, 5.74) is 1.08. The fourth-order valence-electron chi connectivity index (χ4n) is 1.96. The van der Waals surface area contributed by atoms with Gasteiger partial charge in [0.25, 0.3) is 0 Å². The van der Waals surface area contributed by atoms with Gasteiger partial charge in [-0.3, -0.25) is 14.6 Å². The van der Waals surface area contributed by atoms with Gasteiger partial charge in [-0.25, -0.2) is 0 Å². The van der Waals surface area contributed by atoms with Crippen LogP contribution in [0.3, 0.4) is 0 Å². The Morgan fingerprint density at radius 1 is 1.35 bits per heavy atom. The third-order valence-electron chi connectivity index (χ3n) is 3.02. The molecule has 1 fully saturated rings. The topological polar surface area (TPSA) is 50.3 Å². The van der Waals surface area contributed by atoms with E-state index in [-0.39, 0.29) is 11.7 Å². The third kappa shape index (κ3) is 3.37. The molecule has 1 aromatic heterocycles. The third-order valence-corrected chi connectivity index (χ3v) is 3.02. The standard InChI is InChI=1S/C13H16N2O2/c16-12-5-8-15(9-6-12)13(17)4-3-11-2-1-7-14-10-11/h1-2,7,10H,3-6,8-9H2. The summed E-state index contributed by atoms with van der Waals surface area (Å²) in [6.45, 7) is 1.18. The van der Waals surface area contributed by atoms with Crippen molar-refractivity contribution in [1.82, 2.24) is 9.88 Å². The van der Waals surface area contributed by atoms with Crippen LogP contribution in [0, 0.1) is 0 Å². The van der Waals surface area contributed by atoms with Crippen molar-refractivity contribution in [3.8, 4) is 0 Å². The van der Waals surface area contributed by atoms with Crippen LogP contribution in [-0.4, -0.2) is 34.7 Å². The zero-order valence-corrected chi connectivity index (χ0v) is 9.76. The summed E-state index contributed by atoms with van der Waals surface area (Å²) in [5, 5.41) is 0. The van der Waals surface area contributed by atoms with Crippen LogP contribution in [0.1, 0.15) is 24.8 Å². The zero-order chi connectivity index (χ0) is 12.1. The summed E-state index contributed by atoms with van der Waals surface area (Å²) >= 11 is 0. The fraction of sp³-hybridized carbons (Fsp3) is 0.462. The summed E-state index contributed by atoms with van der Waals surface area (Å²) in [7, 11) is 0. The molecule has 2 rings (SSSR count). The van der Waals surface area contributed by atoms with Crippen LogP contribution in [0.5, 0.6) is 0 Å². The minimum Gasteiger partial charge on any atom is -0.342 e. The Labute approximate surface area is 101 Å². The number of rotatable bonds is 3. The molecule has 0 atom stereocenters. The summed E-state index contributed by atoms with van der Waals surface area (Å²) in [6, 6.07) is 3.85. The lowest BCUT2D eigenvalue weighted by molar-refractivity contribution is -0.134. The van der Waals surface area contributed by atoms with Crippen LogP contribution >= 0.6 is 0 Å². The van der Waals surface area contributed by atoms with E-state index in [2.05, 4.69) is 4.98 Å². The second-order valence-corrected chi connectivity index (χ2v) is 4.28. The van der Waals surface area contributed by atoms with Crippen molar-refractivity contribution in [2.24, 2.45) is 0 Å². The van der Waals surface area contributed by atoms with Crippen LogP contribution in [0.25, 0.3) is 0 Å². The van der Waals surface area contributed by atoms with Crippen LogP contribution in [0.4, 0.5) is 0 Å². The highest BCUT2D eigenvalue weighted by Gasteiger charge is 2.20. The Balaban J connectivity index is 1.80. The van der Waals surface area contributed by atoms with Gasteiger partial charge in [0.1, 0.15) is 5.78 Å². The normalized spacial score (nSPS) is 16.0. The lowest BCUT2D eigenvalue weighted by Crippen LogP contribution is -2.38. The predicted molar refractivity (Wildman–Crippen MR) is 63.4 cm³/mol. The van der Waals surface area contributed by atoms with E-state index in [0.29, 0.717) is 32.4 Å². The van der Waals surface area contributed by atoms with Crippen LogP contribution in [0.15, 0.2) is 24.5 Å². The van der Waals surface area contributed by atoms with E-state index in [0.717, 1.165) is 12.0 Å². The molecule has 0 saturated carbocycles. The molecule has 1 aliphatic rings. The van der Waals surface area contributed by atoms with E-state index in [9.17, 15) is 9.59 Å². The number of ketones is 1. The molecule has 0 aliphatic carbocycles. The molecule has 1 saturated heterocycles. The molecule has 1 aromatic rings. The van der Waals surface area contributed by atoms with Gasteiger partial charge in [0.2, 0.25) is 5.91 Å². The van der Waals surface area contributed by atoms with Crippen molar-refractivity contribution in [1.29, 1.82) is 0 Å². The summed E-state index contributed by atoms with van der Waals surface area (Å²) in [5.74, 6) is 0.405. The molecule has 0 aromatic carbocycles.